The third-order valence-electron chi connectivity index (χ3n) is 4.96. The molecule has 0 fully saturated rings. The number of methoxy groups -OCH3 is 2. The zero-order valence-corrected chi connectivity index (χ0v) is 17.1. The van der Waals surface area contributed by atoms with E-state index in [-0.39, 0.29) is 22.9 Å². The summed E-state index contributed by atoms with van der Waals surface area (Å²) in [5.41, 5.74) is 2.31. The maximum absolute atomic E-state index is 13.5. The summed E-state index contributed by atoms with van der Waals surface area (Å²) in [5, 5.41) is 0. The molecule has 0 saturated heterocycles. The molecule has 0 atom stereocenters. The van der Waals surface area contributed by atoms with Crippen molar-refractivity contribution in [2.45, 2.75) is 0 Å². The summed E-state index contributed by atoms with van der Waals surface area (Å²) in [5.74, 6) is 0.116. The van der Waals surface area contributed by atoms with Gasteiger partial charge in [-0.3, -0.25) is 4.79 Å². The smallest absolute Gasteiger partial charge is 0.343 e. The van der Waals surface area contributed by atoms with Crippen LogP contribution in [0.25, 0.3) is 11.1 Å². The predicted octanol–water partition coefficient (Wildman–Crippen LogP) is 4.90. The number of esters is 1. The Kier molecular flexibility index (Phi) is 5.67. The lowest BCUT2D eigenvalue weighted by atomic mass is 9.97. The van der Waals surface area contributed by atoms with Crippen molar-refractivity contribution < 1.29 is 23.8 Å². The van der Waals surface area contributed by atoms with Gasteiger partial charge in [0.05, 0.1) is 30.9 Å². The molecule has 0 heterocycles. The van der Waals surface area contributed by atoms with Gasteiger partial charge in [0.1, 0.15) is 5.75 Å². The zero-order chi connectivity index (χ0) is 21.8. The van der Waals surface area contributed by atoms with Crippen molar-refractivity contribution >= 4 is 22.9 Å². The first-order chi connectivity index (χ1) is 15.1. The van der Waals surface area contributed by atoms with Gasteiger partial charge in [-0.2, -0.15) is 0 Å². The van der Waals surface area contributed by atoms with E-state index in [1.165, 1.54) is 7.11 Å². The summed E-state index contributed by atoms with van der Waals surface area (Å²) in [7, 11) is 3.01. The number of hydrogen-bond acceptors (Lipinski definition) is 5. The summed E-state index contributed by atoms with van der Waals surface area (Å²) in [6.07, 6.45) is 0. The van der Waals surface area contributed by atoms with Gasteiger partial charge in [-0.05, 0) is 35.4 Å². The van der Waals surface area contributed by atoms with Crippen molar-refractivity contribution in [1.82, 2.24) is 0 Å². The molecule has 0 unspecified atom stereocenters. The molecule has 0 spiro atoms. The molecular formula is C26H20O5. The van der Waals surface area contributed by atoms with Gasteiger partial charge in [0.15, 0.2) is 11.5 Å². The van der Waals surface area contributed by atoms with Crippen molar-refractivity contribution in [2.24, 2.45) is 0 Å². The average molecular weight is 412 g/mol. The maximum atomic E-state index is 13.5. The van der Waals surface area contributed by atoms with Crippen molar-refractivity contribution in [3.63, 3.8) is 0 Å². The SMILES string of the molecule is COC1=C(c2ccccc2)C(=O)C(c2ccccc2)=C1OC(=O)c1ccc(OC)cc1. The highest BCUT2D eigenvalue weighted by Gasteiger charge is 2.38. The third-order valence-corrected chi connectivity index (χ3v) is 4.96. The second-order valence-electron chi connectivity index (χ2n) is 6.79. The molecule has 1 aliphatic carbocycles. The Morgan fingerprint density at radius 3 is 1.65 bits per heavy atom. The van der Waals surface area contributed by atoms with E-state index in [2.05, 4.69) is 0 Å². The minimum atomic E-state index is -0.595. The lowest BCUT2D eigenvalue weighted by Gasteiger charge is -2.11. The van der Waals surface area contributed by atoms with E-state index in [0.29, 0.717) is 28.0 Å². The van der Waals surface area contributed by atoms with Crippen LogP contribution >= 0.6 is 0 Å². The van der Waals surface area contributed by atoms with Gasteiger partial charge in [-0.15, -0.1) is 0 Å². The Morgan fingerprint density at radius 2 is 1.16 bits per heavy atom. The molecule has 0 amide bonds. The van der Waals surface area contributed by atoms with E-state index in [9.17, 15) is 9.59 Å². The quantitative estimate of drug-likeness (QED) is 0.539. The first-order valence-electron chi connectivity index (χ1n) is 9.68. The number of ketones is 1. The highest BCUT2D eigenvalue weighted by Crippen LogP contribution is 2.41. The number of hydrogen-bond donors (Lipinski definition) is 0. The van der Waals surface area contributed by atoms with Crippen molar-refractivity contribution in [3.05, 3.63) is 113 Å². The standard InChI is InChI=1S/C26H20O5/c1-29-20-15-13-19(14-16-20)26(28)31-25-22(18-11-7-4-8-12-18)23(27)21(24(25)30-2)17-9-5-3-6-10-17/h3-16H,1-2H3. The van der Waals surface area contributed by atoms with Crippen LogP contribution in [0.3, 0.4) is 0 Å². The second kappa shape index (κ2) is 8.71. The number of ether oxygens (including phenoxy) is 3. The second-order valence-corrected chi connectivity index (χ2v) is 6.79. The molecule has 0 bridgehead atoms. The van der Waals surface area contributed by atoms with Crippen LogP contribution in [0.4, 0.5) is 0 Å². The van der Waals surface area contributed by atoms with E-state index in [1.807, 2.05) is 48.5 Å². The molecule has 31 heavy (non-hydrogen) atoms. The van der Waals surface area contributed by atoms with Crippen LogP contribution in [-0.4, -0.2) is 26.0 Å². The molecule has 0 aliphatic heterocycles. The van der Waals surface area contributed by atoms with Gasteiger partial charge in [0.2, 0.25) is 5.78 Å². The summed E-state index contributed by atoms with van der Waals surface area (Å²) in [4.78, 5) is 26.4. The van der Waals surface area contributed by atoms with Crippen LogP contribution in [0.15, 0.2) is 96.4 Å². The molecule has 154 valence electrons. The lowest BCUT2D eigenvalue weighted by molar-refractivity contribution is -0.108. The van der Waals surface area contributed by atoms with Crippen LogP contribution in [0.1, 0.15) is 21.5 Å². The Morgan fingerprint density at radius 1 is 0.645 bits per heavy atom. The molecule has 1 aliphatic rings. The normalized spacial score (nSPS) is 13.4. The zero-order valence-electron chi connectivity index (χ0n) is 17.1. The van der Waals surface area contributed by atoms with E-state index in [1.54, 1.807) is 43.5 Å². The summed E-state index contributed by atoms with van der Waals surface area (Å²) >= 11 is 0. The monoisotopic (exact) mass is 412 g/mol. The van der Waals surface area contributed by atoms with Crippen LogP contribution in [0, 0.1) is 0 Å². The fourth-order valence-corrected chi connectivity index (χ4v) is 3.46. The van der Waals surface area contributed by atoms with Crippen molar-refractivity contribution in [2.75, 3.05) is 14.2 Å². The highest BCUT2D eigenvalue weighted by atomic mass is 16.6. The molecule has 4 rings (SSSR count). The minimum Gasteiger partial charge on any atom is -0.497 e. The molecule has 5 nitrogen and oxygen atoms in total. The van der Waals surface area contributed by atoms with Gasteiger partial charge in [-0.25, -0.2) is 4.79 Å². The number of benzene rings is 3. The number of rotatable bonds is 6. The maximum Gasteiger partial charge on any atom is 0.343 e. The van der Waals surface area contributed by atoms with Gasteiger partial charge in [0.25, 0.3) is 0 Å². The van der Waals surface area contributed by atoms with E-state index in [0.717, 1.165) is 0 Å². The predicted molar refractivity (Wildman–Crippen MR) is 117 cm³/mol. The summed E-state index contributed by atoms with van der Waals surface area (Å²) in [6, 6.07) is 24.9. The average Bonchev–Trinajstić information content (AvgIpc) is 3.10. The van der Waals surface area contributed by atoms with E-state index >= 15 is 0 Å². The molecule has 0 saturated carbocycles. The Hall–Kier alpha value is -4.12. The first-order valence-corrected chi connectivity index (χ1v) is 9.68. The lowest BCUT2D eigenvalue weighted by Crippen LogP contribution is -2.08. The fraction of sp³-hybridized carbons (Fsp3) is 0.0769. The fourth-order valence-electron chi connectivity index (χ4n) is 3.46. The van der Waals surface area contributed by atoms with Crippen molar-refractivity contribution in [3.8, 4) is 5.75 Å². The highest BCUT2D eigenvalue weighted by molar-refractivity contribution is 6.46. The number of Topliss-reactive ketones (excluding diaryl/α,β-unsaturated/α-hetero) is 1. The van der Waals surface area contributed by atoms with Crippen LogP contribution in [0.2, 0.25) is 0 Å². The molecule has 0 aromatic heterocycles. The Bertz CT molecular complexity index is 1170. The summed E-state index contributed by atoms with van der Waals surface area (Å²) in [6.45, 7) is 0. The van der Waals surface area contributed by atoms with Gasteiger partial charge >= 0.3 is 5.97 Å². The van der Waals surface area contributed by atoms with Crippen LogP contribution in [0.5, 0.6) is 5.75 Å². The minimum absolute atomic E-state index is 0.110. The topological polar surface area (TPSA) is 61.8 Å². The van der Waals surface area contributed by atoms with Gasteiger partial charge in [-0.1, -0.05) is 60.7 Å². The first kappa shape index (κ1) is 20.2. The Balaban J connectivity index is 1.81. The van der Waals surface area contributed by atoms with Crippen LogP contribution in [-0.2, 0) is 14.3 Å². The Labute approximate surface area is 180 Å². The molecule has 5 heteroatoms. The molecule has 0 N–H and O–H groups in total. The van der Waals surface area contributed by atoms with Crippen LogP contribution < -0.4 is 4.74 Å². The van der Waals surface area contributed by atoms with E-state index < -0.39 is 5.97 Å². The molecule has 3 aromatic carbocycles. The number of allylic oxidation sites excluding steroid dienone is 2. The van der Waals surface area contributed by atoms with E-state index in [4.69, 9.17) is 14.2 Å². The van der Waals surface area contributed by atoms with Crippen molar-refractivity contribution in [1.29, 1.82) is 0 Å². The molecule has 3 aromatic rings. The summed E-state index contributed by atoms with van der Waals surface area (Å²) < 4.78 is 16.5. The number of carbonyl (C=O) groups excluding carboxylic acids is 2. The third kappa shape index (κ3) is 3.85. The van der Waals surface area contributed by atoms with Gasteiger partial charge < -0.3 is 14.2 Å². The van der Waals surface area contributed by atoms with Gasteiger partial charge in [0, 0.05) is 0 Å². The number of carbonyl (C=O) groups is 2. The largest absolute Gasteiger partial charge is 0.497 e. The molecule has 0 radical (unpaired) electrons. The molecular weight excluding hydrogens is 392 g/mol.